The van der Waals surface area contributed by atoms with Gasteiger partial charge in [-0.05, 0) is 60.1 Å². The highest BCUT2D eigenvalue weighted by atomic mass is 79.9. The minimum absolute atomic E-state index is 0.122. The first kappa shape index (κ1) is 14.6. The summed E-state index contributed by atoms with van der Waals surface area (Å²) in [6, 6.07) is 14.9. The lowest BCUT2D eigenvalue weighted by Crippen LogP contribution is -2.29. The molecule has 0 spiro atoms. The van der Waals surface area contributed by atoms with Crippen LogP contribution in [0, 0.1) is 0 Å². The van der Waals surface area contributed by atoms with E-state index in [9.17, 15) is 0 Å². The molecule has 2 atom stereocenters. The highest BCUT2D eigenvalue weighted by Crippen LogP contribution is 2.36. The number of benzene rings is 2. The van der Waals surface area contributed by atoms with E-state index in [1.165, 1.54) is 16.7 Å². The van der Waals surface area contributed by atoms with Gasteiger partial charge in [0.15, 0.2) is 0 Å². The van der Waals surface area contributed by atoms with Crippen LogP contribution in [0.5, 0.6) is 5.75 Å². The second-order valence-corrected chi connectivity index (χ2v) is 6.58. The number of nitrogens with two attached hydrogens (primary N) is 1. The number of fused-ring (bicyclic) bond motifs is 1. The molecule has 3 rings (SSSR count). The van der Waals surface area contributed by atoms with Gasteiger partial charge in [-0.1, -0.05) is 40.2 Å². The second kappa shape index (κ2) is 6.20. The molecule has 0 heterocycles. The Balaban J connectivity index is 1.82. The molecule has 0 fully saturated rings. The maximum atomic E-state index is 6.53. The standard InChI is InChI=1S/C18H20BrNO/c1-21-18-9-7-14(19)10-13(18)11-17(20)16-8-6-12-4-2-3-5-15(12)16/h2-5,7,9-10,16-17H,6,8,11,20H2,1H3. The molecular weight excluding hydrogens is 326 g/mol. The number of rotatable bonds is 4. The third-order valence-corrected chi connectivity index (χ3v) is 4.89. The van der Waals surface area contributed by atoms with E-state index < -0.39 is 0 Å². The van der Waals surface area contributed by atoms with Crippen molar-refractivity contribution in [3.8, 4) is 5.75 Å². The van der Waals surface area contributed by atoms with Crippen LogP contribution in [0.15, 0.2) is 46.9 Å². The first-order valence-corrected chi connectivity index (χ1v) is 8.14. The molecule has 1 aliphatic carbocycles. The Morgan fingerprint density at radius 2 is 2.10 bits per heavy atom. The quantitative estimate of drug-likeness (QED) is 0.906. The van der Waals surface area contributed by atoms with Crippen LogP contribution in [0.4, 0.5) is 0 Å². The zero-order chi connectivity index (χ0) is 14.8. The highest BCUT2D eigenvalue weighted by molar-refractivity contribution is 9.10. The first-order valence-electron chi connectivity index (χ1n) is 7.35. The molecule has 2 N–H and O–H groups in total. The van der Waals surface area contributed by atoms with E-state index in [-0.39, 0.29) is 6.04 Å². The van der Waals surface area contributed by atoms with Gasteiger partial charge in [0, 0.05) is 10.5 Å². The molecule has 3 heteroatoms. The van der Waals surface area contributed by atoms with E-state index in [1.54, 1.807) is 7.11 Å². The Morgan fingerprint density at radius 3 is 2.90 bits per heavy atom. The predicted molar refractivity (Wildman–Crippen MR) is 89.9 cm³/mol. The van der Waals surface area contributed by atoms with Crippen molar-refractivity contribution >= 4 is 15.9 Å². The summed E-state index contributed by atoms with van der Waals surface area (Å²) in [4.78, 5) is 0. The Kier molecular flexibility index (Phi) is 4.32. The van der Waals surface area contributed by atoms with Crippen molar-refractivity contribution in [3.63, 3.8) is 0 Å². The van der Waals surface area contributed by atoms with Crippen LogP contribution in [-0.4, -0.2) is 13.2 Å². The summed E-state index contributed by atoms with van der Waals surface area (Å²) in [5.74, 6) is 1.37. The average molecular weight is 346 g/mol. The lowest BCUT2D eigenvalue weighted by Gasteiger charge is -2.21. The van der Waals surface area contributed by atoms with Crippen LogP contribution >= 0.6 is 15.9 Å². The van der Waals surface area contributed by atoms with Crippen molar-refractivity contribution in [2.24, 2.45) is 5.73 Å². The Bertz CT molecular complexity index is 641. The molecule has 0 bridgehead atoms. The van der Waals surface area contributed by atoms with Gasteiger partial charge in [0.05, 0.1) is 7.11 Å². The average Bonchev–Trinajstić information content (AvgIpc) is 2.91. The maximum absolute atomic E-state index is 6.53. The third-order valence-electron chi connectivity index (χ3n) is 4.39. The normalized spacial score (nSPS) is 18.3. The van der Waals surface area contributed by atoms with Gasteiger partial charge >= 0.3 is 0 Å². The number of hydrogen-bond acceptors (Lipinski definition) is 2. The summed E-state index contributed by atoms with van der Waals surface area (Å²) in [5, 5.41) is 0. The van der Waals surface area contributed by atoms with E-state index in [1.807, 2.05) is 12.1 Å². The lowest BCUT2D eigenvalue weighted by molar-refractivity contribution is 0.405. The second-order valence-electron chi connectivity index (χ2n) is 5.67. The molecule has 0 amide bonds. The van der Waals surface area contributed by atoms with Gasteiger partial charge in [-0.15, -0.1) is 0 Å². The molecule has 2 unspecified atom stereocenters. The van der Waals surface area contributed by atoms with Crippen LogP contribution in [0.25, 0.3) is 0 Å². The van der Waals surface area contributed by atoms with Crippen molar-refractivity contribution in [2.45, 2.75) is 31.2 Å². The van der Waals surface area contributed by atoms with Gasteiger partial charge in [0.25, 0.3) is 0 Å². The fourth-order valence-electron chi connectivity index (χ4n) is 3.34. The fourth-order valence-corrected chi connectivity index (χ4v) is 3.75. The van der Waals surface area contributed by atoms with Crippen LogP contribution in [0.2, 0.25) is 0 Å². The van der Waals surface area contributed by atoms with Gasteiger partial charge in [-0.25, -0.2) is 0 Å². The van der Waals surface area contributed by atoms with Crippen molar-refractivity contribution in [1.82, 2.24) is 0 Å². The van der Waals surface area contributed by atoms with Crippen molar-refractivity contribution in [2.75, 3.05) is 7.11 Å². The monoisotopic (exact) mass is 345 g/mol. The minimum atomic E-state index is 0.122. The molecule has 110 valence electrons. The van der Waals surface area contributed by atoms with Crippen LogP contribution < -0.4 is 10.5 Å². The zero-order valence-corrected chi connectivity index (χ0v) is 13.8. The lowest BCUT2D eigenvalue weighted by atomic mass is 9.89. The largest absolute Gasteiger partial charge is 0.496 e. The summed E-state index contributed by atoms with van der Waals surface area (Å²) >= 11 is 3.53. The van der Waals surface area contributed by atoms with Crippen LogP contribution in [0.1, 0.15) is 29.0 Å². The zero-order valence-electron chi connectivity index (χ0n) is 12.2. The third kappa shape index (κ3) is 2.99. The molecule has 0 saturated heterocycles. The van der Waals surface area contributed by atoms with Gasteiger partial charge in [0.1, 0.15) is 5.75 Å². The molecule has 0 radical (unpaired) electrons. The number of aryl methyl sites for hydroxylation is 1. The van der Waals surface area contributed by atoms with Crippen molar-refractivity contribution in [3.05, 3.63) is 63.6 Å². The van der Waals surface area contributed by atoms with Crippen LogP contribution in [0.3, 0.4) is 0 Å². The Labute approximate surface area is 134 Å². The van der Waals surface area contributed by atoms with Crippen LogP contribution in [-0.2, 0) is 12.8 Å². The molecular formula is C18H20BrNO. The Morgan fingerprint density at radius 1 is 1.29 bits per heavy atom. The predicted octanol–water partition coefficient (Wildman–Crippen LogP) is 4.06. The molecule has 2 aromatic carbocycles. The van der Waals surface area contributed by atoms with Gasteiger partial charge in [-0.2, -0.15) is 0 Å². The minimum Gasteiger partial charge on any atom is -0.496 e. The van der Waals surface area contributed by atoms with Gasteiger partial charge in [-0.3, -0.25) is 0 Å². The van der Waals surface area contributed by atoms with E-state index in [4.69, 9.17) is 10.5 Å². The van der Waals surface area contributed by atoms with Gasteiger partial charge < -0.3 is 10.5 Å². The highest BCUT2D eigenvalue weighted by Gasteiger charge is 2.27. The molecule has 2 nitrogen and oxygen atoms in total. The first-order chi connectivity index (χ1) is 10.2. The SMILES string of the molecule is COc1ccc(Br)cc1CC(N)C1CCc2ccccc21. The molecule has 0 saturated carbocycles. The molecule has 21 heavy (non-hydrogen) atoms. The summed E-state index contributed by atoms with van der Waals surface area (Å²) in [6.45, 7) is 0. The molecule has 2 aromatic rings. The maximum Gasteiger partial charge on any atom is 0.122 e. The Hall–Kier alpha value is -1.32. The van der Waals surface area contributed by atoms with E-state index in [0.29, 0.717) is 5.92 Å². The summed E-state index contributed by atoms with van der Waals surface area (Å²) in [5.41, 5.74) is 10.6. The summed E-state index contributed by atoms with van der Waals surface area (Å²) < 4.78 is 6.52. The van der Waals surface area contributed by atoms with Gasteiger partial charge in [0.2, 0.25) is 0 Å². The number of ether oxygens (including phenoxy) is 1. The summed E-state index contributed by atoms with van der Waals surface area (Å²) in [6.07, 6.45) is 3.13. The van der Waals surface area contributed by atoms with E-state index >= 15 is 0 Å². The number of hydrogen-bond donors (Lipinski definition) is 1. The van der Waals surface area contributed by atoms with E-state index in [2.05, 4.69) is 46.3 Å². The van der Waals surface area contributed by atoms with Crippen molar-refractivity contribution in [1.29, 1.82) is 0 Å². The molecule has 0 aromatic heterocycles. The smallest absolute Gasteiger partial charge is 0.122 e. The fraction of sp³-hybridized carbons (Fsp3) is 0.333. The summed E-state index contributed by atoms with van der Waals surface area (Å²) in [7, 11) is 1.71. The number of methoxy groups -OCH3 is 1. The van der Waals surface area contributed by atoms with Crippen molar-refractivity contribution < 1.29 is 4.74 Å². The topological polar surface area (TPSA) is 35.2 Å². The molecule has 0 aliphatic heterocycles. The molecule has 1 aliphatic rings. The van der Waals surface area contributed by atoms with E-state index in [0.717, 1.165) is 29.5 Å². The number of halogens is 1.